The van der Waals surface area contributed by atoms with E-state index >= 15 is 0 Å². The summed E-state index contributed by atoms with van der Waals surface area (Å²) in [6, 6.07) is 4.89. The van der Waals surface area contributed by atoms with Crippen LogP contribution in [0.25, 0.3) is 11.1 Å². The molecule has 0 aliphatic heterocycles. The van der Waals surface area contributed by atoms with Gasteiger partial charge in [-0.2, -0.15) is 0 Å². The van der Waals surface area contributed by atoms with E-state index in [9.17, 15) is 14.4 Å². The SMILES string of the molecule is COC(=O)c1cc(CNC(=O)c2c(C)oc3nc[nH]c(=O)c23)ccc1OC. The molecule has 2 N–H and O–H groups in total. The van der Waals surface area contributed by atoms with Gasteiger partial charge in [-0.25, -0.2) is 9.78 Å². The van der Waals surface area contributed by atoms with Gasteiger partial charge in [-0.15, -0.1) is 0 Å². The van der Waals surface area contributed by atoms with E-state index in [1.165, 1.54) is 20.5 Å². The van der Waals surface area contributed by atoms with Crippen LogP contribution in [0.5, 0.6) is 5.75 Å². The van der Waals surface area contributed by atoms with Gasteiger partial charge in [-0.1, -0.05) is 6.07 Å². The molecular formula is C18H17N3O6. The fraction of sp³-hybridized carbons (Fsp3) is 0.222. The molecule has 0 aliphatic carbocycles. The number of nitrogens with one attached hydrogen (secondary N) is 2. The van der Waals surface area contributed by atoms with Gasteiger partial charge in [0.1, 0.15) is 22.5 Å². The number of hydrogen-bond acceptors (Lipinski definition) is 7. The molecule has 9 heteroatoms. The van der Waals surface area contributed by atoms with Gasteiger partial charge in [0.05, 0.1) is 26.1 Å². The molecule has 2 heterocycles. The number of carbonyl (C=O) groups is 2. The maximum Gasteiger partial charge on any atom is 0.341 e. The number of aromatic nitrogens is 2. The highest BCUT2D eigenvalue weighted by Gasteiger charge is 2.21. The van der Waals surface area contributed by atoms with Gasteiger partial charge in [0, 0.05) is 6.54 Å². The van der Waals surface area contributed by atoms with E-state index in [2.05, 4.69) is 15.3 Å². The first-order chi connectivity index (χ1) is 13.0. The Bertz CT molecular complexity index is 1080. The molecule has 0 spiro atoms. The number of rotatable bonds is 5. The van der Waals surface area contributed by atoms with Crippen molar-refractivity contribution in [2.75, 3.05) is 14.2 Å². The summed E-state index contributed by atoms with van der Waals surface area (Å²) in [6.45, 7) is 1.70. The Labute approximate surface area is 153 Å². The van der Waals surface area contributed by atoms with Crippen LogP contribution in [0.2, 0.25) is 0 Å². The number of nitrogens with zero attached hydrogens (tertiary/aromatic N) is 1. The molecule has 0 bridgehead atoms. The van der Waals surface area contributed by atoms with Crippen LogP contribution in [-0.4, -0.2) is 36.1 Å². The van der Waals surface area contributed by atoms with E-state index in [-0.39, 0.29) is 34.5 Å². The Kier molecular flexibility index (Phi) is 4.93. The second kappa shape index (κ2) is 7.32. The van der Waals surface area contributed by atoms with Crippen molar-refractivity contribution in [3.05, 3.63) is 57.3 Å². The summed E-state index contributed by atoms with van der Waals surface area (Å²) in [5.41, 5.74) is 0.665. The molecule has 0 radical (unpaired) electrons. The third-order valence-electron chi connectivity index (χ3n) is 4.02. The van der Waals surface area contributed by atoms with Gasteiger partial charge in [0.25, 0.3) is 11.5 Å². The number of H-pyrrole nitrogens is 1. The minimum Gasteiger partial charge on any atom is -0.496 e. The van der Waals surface area contributed by atoms with E-state index in [1.54, 1.807) is 25.1 Å². The molecule has 1 aromatic carbocycles. The highest BCUT2D eigenvalue weighted by Crippen LogP contribution is 2.22. The standard InChI is InChI=1S/C18H17N3O6/c1-9-13(14-16(23)20-8-21-17(14)27-9)15(22)19-7-10-4-5-12(25-2)11(6-10)18(24)26-3/h4-6,8H,7H2,1-3H3,(H,19,22)(H,20,21,23). The summed E-state index contributed by atoms with van der Waals surface area (Å²) in [5, 5.41) is 2.81. The number of hydrogen-bond donors (Lipinski definition) is 2. The maximum atomic E-state index is 12.6. The molecule has 0 atom stereocenters. The molecule has 0 aliphatic rings. The van der Waals surface area contributed by atoms with Crippen molar-refractivity contribution < 1.29 is 23.5 Å². The fourth-order valence-corrected chi connectivity index (χ4v) is 2.73. The van der Waals surface area contributed by atoms with E-state index in [0.717, 1.165) is 0 Å². The molecule has 140 valence electrons. The van der Waals surface area contributed by atoms with Crippen LogP contribution >= 0.6 is 0 Å². The quantitative estimate of drug-likeness (QED) is 0.652. The number of amides is 1. The van der Waals surface area contributed by atoms with E-state index < -0.39 is 17.4 Å². The van der Waals surface area contributed by atoms with Gasteiger partial charge in [-0.05, 0) is 24.6 Å². The van der Waals surface area contributed by atoms with Crippen molar-refractivity contribution in [1.82, 2.24) is 15.3 Å². The summed E-state index contributed by atoms with van der Waals surface area (Å²) in [6.07, 6.45) is 1.21. The zero-order valence-corrected chi connectivity index (χ0v) is 14.9. The Morgan fingerprint density at radius 1 is 1.30 bits per heavy atom. The molecule has 0 saturated heterocycles. The molecule has 9 nitrogen and oxygen atoms in total. The van der Waals surface area contributed by atoms with Gasteiger partial charge < -0.3 is 24.2 Å². The lowest BCUT2D eigenvalue weighted by molar-refractivity contribution is 0.0597. The van der Waals surface area contributed by atoms with Crippen molar-refractivity contribution in [1.29, 1.82) is 0 Å². The van der Waals surface area contributed by atoms with Gasteiger partial charge in [-0.3, -0.25) is 9.59 Å². The van der Waals surface area contributed by atoms with Crippen LogP contribution in [0.1, 0.15) is 32.0 Å². The van der Waals surface area contributed by atoms with Gasteiger partial charge in [0.2, 0.25) is 5.71 Å². The lowest BCUT2D eigenvalue weighted by Crippen LogP contribution is -2.24. The Morgan fingerprint density at radius 3 is 2.78 bits per heavy atom. The molecule has 0 fully saturated rings. The fourth-order valence-electron chi connectivity index (χ4n) is 2.73. The summed E-state index contributed by atoms with van der Waals surface area (Å²) in [7, 11) is 2.72. The Hall–Kier alpha value is -3.62. The average molecular weight is 371 g/mol. The summed E-state index contributed by atoms with van der Waals surface area (Å²) < 4.78 is 15.2. The van der Waals surface area contributed by atoms with E-state index in [0.29, 0.717) is 11.3 Å². The topological polar surface area (TPSA) is 124 Å². The predicted molar refractivity (Wildman–Crippen MR) is 94.9 cm³/mol. The van der Waals surface area contributed by atoms with E-state index in [1.807, 2.05) is 0 Å². The average Bonchev–Trinajstić information content (AvgIpc) is 3.02. The molecule has 27 heavy (non-hydrogen) atoms. The lowest BCUT2D eigenvalue weighted by atomic mass is 10.1. The van der Waals surface area contributed by atoms with Crippen molar-refractivity contribution in [3.63, 3.8) is 0 Å². The van der Waals surface area contributed by atoms with Crippen molar-refractivity contribution in [3.8, 4) is 5.75 Å². The largest absolute Gasteiger partial charge is 0.496 e. The van der Waals surface area contributed by atoms with Crippen LogP contribution in [0.15, 0.2) is 33.7 Å². The Morgan fingerprint density at radius 2 is 2.07 bits per heavy atom. The zero-order valence-electron chi connectivity index (χ0n) is 14.9. The molecule has 2 aromatic heterocycles. The number of carbonyl (C=O) groups excluding carboxylic acids is 2. The second-order valence-electron chi connectivity index (χ2n) is 5.65. The highest BCUT2D eigenvalue weighted by atomic mass is 16.5. The van der Waals surface area contributed by atoms with Crippen LogP contribution in [0.3, 0.4) is 0 Å². The monoisotopic (exact) mass is 371 g/mol. The maximum absolute atomic E-state index is 12.6. The van der Waals surface area contributed by atoms with Gasteiger partial charge in [0.15, 0.2) is 0 Å². The zero-order chi connectivity index (χ0) is 19.6. The van der Waals surface area contributed by atoms with E-state index in [4.69, 9.17) is 13.9 Å². The smallest absolute Gasteiger partial charge is 0.341 e. The van der Waals surface area contributed by atoms with Crippen LogP contribution < -0.4 is 15.6 Å². The van der Waals surface area contributed by atoms with Crippen LogP contribution in [0.4, 0.5) is 0 Å². The summed E-state index contributed by atoms with van der Waals surface area (Å²) in [5.74, 6) is -0.377. The molecule has 0 unspecified atom stereocenters. The normalized spacial score (nSPS) is 10.6. The van der Waals surface area contributed by atoms with Crippen LogP contribution in [-0.2, 0) is 11.3 Å². The minimum atomic E-state index is -0.547. The van der Waals surface area contributed by atoms with Crippen molar-refractivity contribution in [2.45, 2.75) is 13.5 Å². The number of fused-ring (bicyclic) bond motifs is 1. The molecular weight excluding hydrogens is 354 g/mol. The van der Waals surface area contributed by atoms with Gasteiger partial charge >= 0.3 is 5.97 Å². The molecule has 3 aromatic rings. The number of methoxy groups -OCH3 is 2. The third kappa shape index (κ3) is 3.39. The second-order valence-corrected chi connectivity index (χ2v) is 5.65. The number of benzene rings is 1. The summed E-state index contributed by atoms with van der Waals surface area (Å²) in [4.78, 5) is 42.8. The Balaban J connectivity index is 1.86. The first kappa shape index (κ1) is 18.2. The number of ether oxygens (including phenoxy) is 2. The van der Waals surface area contributed by atoms with Crippen molar-refractivity contribution in [2.24, 2.45) is 0 Å². The summed E-state index contributed by atoms with van der Waals surface area (Å²) >= 11 is 0. The third-order valence-corrected chi connectivity index (χ3v) is 4.02. The molecule has 1 amide bonds. The molecule has 3 rings (SSSR count). The van der Waals surface area contributed by atoms with Crippen LogP contribution in [0, 0.1) is 6.92 Å². The first-order valence-electron chi connectivity index (χ1n) is 7.96. The van der Waals surface area contributed by atoms with Crippen molar-refractivity contribution >= 4 is 23.0 Å². The minimum absolute atomic E-state index is 0.0949. The molecule has 0 saturated carbocycles. The number of aryl methyl sites for hydroxylation is 1. The number of esters is 1. The lowest BCUT2D eigenvalue weighted by Gasteiger charge is -2.10. The first-order valence-corrected chi connectivity index (χ1v) is 7.96. The highest BCUT2D eigenvalue weighted by molar-refractivity contribution is 6.06. The number of aromatic amines is 1. The predicted octanol–water partition coefficient (Wildman–Crippen LogP) is 1.55. The number of furan rings is 1.